The Labute approximate surface area is 153 Å². The van der Waals surface area contributed by atoms with Crippen LogP contribution < -0.4 is 10.2 Å². The van der Waals surface area contributed by atoms with Crippen LogP contribution in [0.15, 0.2) is 18.2 Å². The lowest BCUT2D eigenvalue weighted by Gasteiger charge is -2.26. The Morgan fingerprint density at radius 1 is 1.32 bits per heavy atom. The molecule has 1 aromatic carbocycles. The molecule has 0 unspecified atom stereocenters. The fourth-order valence-corrected chi connectivity index (χ4v) is 3.51. The van der Waals surface area contributed by atoms with Gasteiger partial charge in [0, 0.05) is 36.9 Å². The molecule has 1 aromatic rings. The number of carbonyl (C=O) groups excluding carboxylic acids is 2. The molecule has 1 fully saturated rings. The smallest absolute Gasteiger partial charge is 0.240 e. The summed E-state index contributed by atoms with van der Waals surface area (Å²) in [6.45, 7) is 8.38. The molecule has 2 aliphatic rings. The van der Waals surface area contributed by atoms with E-state index in [1.165, 1.54) is 0 Å². The second kappa shape index (κ2) is 7.32. The molecule has 2 aliphatic heterocycles. The Kier molecular flexibility index (Phi) is 5.32. The van der Waals surface area contributed by atoms with Crippen molar-refractivity contribution in [3.8, 4) is 0 Å². The molecule has 2 heterocycles. The predicted molar refractivity (Wildman–Crippen MR) is 97.1 cm³/mol. The monoisotopic (exact) mass is 365 g/mol. The van der Waals surface area contributed by atoms with Crippen LogP contribution in [0.1, 0.15) is 19.4 Å². The number of amides is 2. The number of hydrogen-bond donors (Lipinski definition) is 1. The summed E-state index contributed by atoms with van der Waals surface area (Å²) in [5.41, 5.74) is 0.961. The first-order valence-electron chi connectivity index (χ1n) is 8.58. The normalized spacial score (nSPS) is 19.8. The molecule has 0 radical (unpaired) electrons. The van der Waals surface area contributed by atoms with E-state index in [-0.39, 0.29) is 18.4 Å². The average molecular weight is 366 g/mol. The first-order chi connectivity index (χ1) is 11.9. The molecule has 1 N–H and O–H groups in total. The van der Waals surface area contributed by atoms with Crippen LogP contribution in [-0.2, 0) is 19.7 Å². The molecule has 136 valence electrons. The predicted octanol–water partition coefficient (Wildman–Crippen LogP) is 1.41. The lowest BCUT2D eigenvalue weighted by Crippen LogP contribution is -2.45. The van der Waals surface area contributed by atoms with Gasteiger partial charge in [-0.2, -0.15) is 0 Å². The van der Waals surface area contributed by atoms with Crippen molar-refractivity contribution in [1.29, 1.82) is 0 Å². The van der Waals surface area contributed by atoms with E-state index in [9.17, 15) is 9.59 Å². The zero-order valence-corrected chi connectivity index (χ0v) is 15.4. The molecule has 0 aromatic heterocycles. The maximum Gasteiger partial charge on any atom is 0.240 e. The third-order valence-electron chi connectivity index (χ3n) is 4.86. The quantitative estimate of drug-likeness (QED) is 0.857. The summed E-state index contributed by atoms with van der Waals surface area (Å²) in [5, 5.41) is 3.50. The number of benzene rings is 1. The number of hydrogen-bond acceptors (Lipinski definition) is 4. The summed E-state index contributed by atoms with van der Waals surface area (Å²) in [4.78, 5) is 28.8. The molecule has 0 atom stereocenters. The lowest BCUT2D eigenvalue weighted by atomic mass is 9.86. The minimum atomic E-state index is -0.672. The van der Waals surface area contributed by atoms with E-state index in [1.807, 2.05) is 26.0 Å². The summed E-state index contributed by atoms with van der Waals surface area (Å²) < 4.78 is 5.31. The number of anilines is 1. The molecule has 0 aliphatic carbocycles. The minimum absolute atomic E-state index is 0.0278. The van der Waals surface area contributed by atoms with E-state index in [0.717, 1.165) is 44.1 Å². The van der Waals surface area contributed by atoms with Gasteiger partial charge < -0.3 is 15.0 Å². The summed E-state index contributed by atoms with van der Waals surface area (Å²) in [6, 6.07) is 5.37. The van der Waals surface area contributed by atoms with Crippen LogP contribution in [-0.4, -0.2) is 62.7 Å². The number of nitrogens with one attached hydrogen (secondary N) is 1. The summed E-state index contributed by atoms with van der Waals surface area (Å²) in [5.74, 6) is -0.228. The number of ether oxygens (including phenoxy) is 1. The van der Waals surface area contributed by atoms with Crippen LogP contribution >= 0.6 is 11.6 Å². The highest BCUT2D eigenvalue weighted by Crippen LogP contribution is 2.42. The van der Waals surface area contributed by atoms with E-state index in [0.29, 0.717) is 11.6 Å². The topological polar surface area (TPSA) is 61.9 Å². The number of halogens is 1. The van der Waals surface area contributed by atoms with E-state index >= 15 is 0 Å². The molecule has 3 rings (SSSR count). The van der Waals surface area contributed by atoms with Gasteiger partial charge in [-0.25, -0.2) is 0 Å². The molecule has 6 nitrogen and oxygen atoms in total. The van der Waals surface area contributed by atoms with Gasteiger partial charge in [0.15, 0.2) is 0 Å². The van der Waals surface area contributed by atoms with Crippen molar-refractivity contribution in [2.45, 2.75) is 19.3 Å². The van der Waals surface area contributed by atoms with E-state index in [2.05, 4.69) is 10.2 Å². The molecule has 0 spiro atoms. The van der Waals surface area contributed by atoms with Crippen LogP contribution in [0.4, 0.5) is 5.69 Å². The van der Waals surface area contributed by atoms with Crippen LogP contribution in [0.2, 0.25) is 5.02 Å². The largest absolute Gasteiger partial charge is 0.379 e. The maximum atomic E-state index is 12.7. The fourth-order valence-electron chi connectivity index (χ4n) is 3.34. The van der Waals surface area contributed by atoms with Gasteiger partial charge in [-0.15, -0.1) is 0 Å². The van der Waals surface area contributed by atoms with Crippen molar-refractivity contribution in [2.24, 2.45) is 0 Å². The zero-order valence-electron chi connectivity index (χ0n) is 14.7. The van der Waals surface area contributed by atoms with Crippen molar-refractivity contribution in [1.82, 2.24) is 10.2 Å². The second-order valence-corrected chi connectivity index (χ2v) is 7.42. The van der Waals surface area contributed by atoms with Gasteiger partial charge in [-0.05, 0) is 37.6 Å². The third-order valence-corrected chi connectivity index (χ3v) is 5.09. The number of rotatable bonds is 5. The van der Waals surface area contributed by atoms with Gasteiger partial charge in [-0.3, -0.25) is 14.5 Å². The zero-order chi connectivity index (χ0) is 18.0. The molecular formula is C18H24ClN3O3. The molecule has 7 heteroatoms. The van der Waals surface area contributed by atoms with Crippen LogP contribution in [0, 0.1) is 0 Å². The van der Waals surface area contributed by atoms with Gasteiger partial charge >= 0.3 is 0 Å². The van der Waals surface area contributed by atoms with E-state index in [1.54, 1.807) is 11.0 Å². The van der Waals surface area contributed by atoms with Crippen LogP contribution in [0.25, 0.3) is 0 Å². The number of morpholine rings is 1. The van der Waals surface area contributed by atoms with Gasteiger partial charge in [0.25, 0.3) is 0 Å². The minimum Gasteiger partial charge on any atom is -0.379 e. The molecule has 2 amide bonds. The lowest BCUT2D eigenvalue weighted by molar-refractivity contribution is -0.125. The van der Waals surface area contributed by atoms with E-state index < -0.39 is 5.41 Å². The highest BCUT2D eigenvalue weighted by molar-refractivity contribution is 6.31. The average Bonchev–Trinajstić information content (AvgIpc) is 2.77. The number of fused-ring (bicyclic) bond motifs is 1. The van der Waals surface area contributed by atoms with Crippen molar-refractivity contribution in [2.75, 3.05) is 50.8 Å². The van der Waals surface area contributed by atoms with Crippen LogP contribution in [0.5, 0.6) is 0 Å². The second-order valence-electron chi connectivity index (χ2n) is 6.98. The summed E-state index contributed by atoms with van der Waals surface area (Å²) in [7, 11) is 0. The number of nitrogens with zero attached hydrogens (tertiary/aromatic N) is 2. The van der Waals surface area contributed by atoms with Crippen molar-refractivity contribution < 1.29 is 14.3 Å². The Morgan fingerprint density at radius 3 is 2.76 bits per heavy atom. The van der Waals surface area contributed by atoms with E-state index in [4.69, 9.17) is 16.3 Å². The number of carbonyl (C=O) groups is 2. The molecule has 0 saturated carbocycles. The summed E-state index contributed by atoms with van der Waals surface area (Å²) >= 11 is 6.07. The van der Waals surface area contributed by atoms with Crippen molar-refractivity contribution in [3.05, 3.63) is 28.8 Å². The Hall–Kier alpha value is -1.63. The van der Waals surface area contributed by atoms with Crippen LogP contribution in [0.3, 0.4) is 0 Å². The first kappa shape index (κ1) is 18.2. The SMILES string of the molecule is CC1(C)C(=O)N(CC(=O)NCCN2CCOCC2)c2ccc(Cl)cc21. The van der Waals surface area contributed by atoms with Gasteiger partial charge in [-0.1, -0.05) is 11.6 Å². The van der Waals surface area contributed by atoms with Gasteiger partial charge in [0.05, 0.1) is 18.6 Å². The highest BCUT2D eigenvalue weighted by atomic mass is 35.5. The van der Waals surface area contributed by atoms with Gasteiger partial charge in [0.1, 0.15) is 6.54 Å². The van der Waals surface area contributed by atoms with Crippen molar-refractivity contribution in [3.63, 3.8) is 0 Å². The standard InChI is InChI=1S/C18H24ClN3O3/c1-18(2)14-11-13(19)3-4-15(14)22(17(18)24)12-16(23)20-5-6-21-7-9-25-10-8-21/h3-4,11H,5-10,12H2,1-2H3,(H,20,23). The maximum absolute atomic E-state index is 12.7. The summed E-state index contributed by atoms with van der Waals surface area (Å²) in [6.07, 6.45) is 0. The first-order valence-corrected chi connectivity index (χ1v) is 8.96. The third kappa shape index (κ3) is 3.81. The Bertz CT molecular complexity index is 672. The fraction of sp³-hybridized carbons (Fsp3) is 0.556. The van der Waals surface area contributed by atoms with Gasteiger partial charge in [0.2, 0.25) is 11.8 Å². The molecular weight excluding hydrogens is 342 g/mol. The Balaban J connectivity index is 1.59. The van der Waals surface area contributed by atoms with Crippen molar-refractivity contribution >= 4 is 29.1 Å². The molecule has 25 heavy (non-hydrogen) atoms. The Morgan fingerprint density at radius 2 is 2.04 bits per heavy atom. The molecule has 1 saturated heterocycles. The highest BCUT2D eigenvalue weighted by Gasteiger charge is 2.44. The molecule has 0 bridgehead atoms.